The molecule has 0 bridgehead atoms. The van der Waals surface area contributed by atoms with Gasteiger partial charge in [-0.05, 0) is 24.3 Å². The van der Waals surface area contributed by atoms with Crippen LogP contribution in [-0.4, -0.2) is 23.5 Å². The van der Waals surface area contributed by atoms with Crippen LogP contribution in [-0.2, 0) is 15.7 Å². The van der Waals surface area contributed by atoms with E-state index < -0.39 is 35.9 Å². The summed E-state index contributed by atoms with van der Waals surface area (Å²) >= 11 is 5.71. The minimum Gasteiger partial charge on any atom is -0.451 e. The van der Waals surface area contributed by atoms with Crippen molar-refractivity contribution >= 4 is 29.2 Å². The second-order valence-corrected chi connectivity index (χ2v) is 4.91. The van der Waals surface area contributed by atoms with Crippen LogP contribution in [0.4, 0.5) is 18.9 Å². The van der Waals surface area contributed by atoms with Crippen LogP contribution >= 0.6 is 11.6 Å². The summed E-state index contributed by atoms with van der Waals surface area (Å²) in [7, 11) is 0. The number of ether oxygens (including phenoxy) is 1. The molecule has 0 saturated carbocycles. The maximum absolute atomic E-state index is 12.9. The Balaban J connectivity index is 2.04. The van der Waals surface area contributed by atoms with E-state index >= 15 is 0 Å². The van der Waals surface area contributed by atoms with Gasteiger partial charge in [-0.2, -0.15) is 13.2 Å². The average molecular weight is 359 g/mol. The second kappa shape index (κ2) is 7.31. The van der Waals surface area contributed by atoms with E-state index in [1.807, 2.05) is 5.32 Å². The molecule has 1 heterocycles. The van der Waals surface area contributed by atoms with Gasteiger partial charge in [0.15, 0.2) is 6.61 Å². The van der Waals surface area contributed by atoms with E-state index in [9.17, 15) is 22.8 Å². The van der Waals surface area contributed by atoms with Crippen molar-refractivity contribution in [3.63, 3.8) is 0 Å². The molecule has 0 fully saturated rings. The molecule has 1 N–H and O–H groups in total. The van der Waals surface area contributed by atoms with Gasteiger partial charge in [-0.3, -0.25) is 4.79 Å². The zero-order chi connectivity index (χ0) is 17.7. The molecule has 1 amide bonds. The normalized spacial score (nSPS) is 11.0. The molecule has 0 spiro atoms. The number of amides is 1. The average Bonchev–Trinajstić information content (AvgIpc) is 2.54. The predicted octanol–water partition coefficient (Wildman–Crippen LogP) is 3.55. The molecule has 126 valence electrons. The van der Waals surface area contributed by atoms with Gasteiger partial charge in [-0.25, -0.2) is 9.78 Å². The highest BCUT2D eigenvalue weighted by Gasteiger charge is 2.34. The fourth-order valence-corrected chi connectivity index (χ4v) is 1.97. The molecule has 5 nitrogen and oxygen atoms in total. The molecule has 0 atom stereocenters. The molecule has 9 heteroatoms. The molecule has 2 aromatic rings. The zero-order valence-corrected chi connectivity index (χ0v) is 12.7. The topological polar surface area (TPSA) is 68.3 Å². The number of nitrogens with zero attached hydrogens (tertiary/aromatic N) is 1. The Bertz CT molecular complexity index is 751. The third kappa shape index (κ3) is 4.45. The standard InChI is InChI=1S/C15H10ClF3N2O3/c16-10-5-3-4-9(15(17,18)19)13(10)21-12(22)8-24-14(23)11-6-1-2-7-20-11/h1-7H,8H2,(H,21,22). The van der Waals surface area contributed by atoms with E-state index in [2.05, 4.69) is 9.72 Å². The summed E-state index contributed by atoms with van der Waals surface area (Å²) in [5.74, 6) is -1.83. The van der Waals surface area contributed by atoms with Crippen LogP contribution in [0.25, 0.3) is 0 Å². The van der Waals surface area contributed by atoms with Gasteiger partial charge in [0.05, 0.1) is 16.3 Å². The van der Waals surface area contributed by atoms with Crippen LogP contribution in [0, 0.1) is 0 Å². The first kappa shape index (κ1) is 17.7. The number of para-hydroxylation sites is 1. The molecule has 0 unspecified atom stereocenters. The quantitative estimate of drug-likeness (QED) is 0.849. The first-order chi connectivity index (χ1) is 11.3. The summed E-state index contributed by atoms with van der Waals surface area (Å²) in [5.41, 5.74) is -1.72. The van der Waals surface area contributed by atoms with Crippen molar-refractivity contribution in [2.45, 2.75) is 6.18 Å². The minimum absolute atomic E-state index is 0.0287. The molecule has 24 heavy (non-hydrogen) atoms. The Morgan fingerprint density at radius 3 is 2.54 bits per heavy atom. The highest BCUT2D eigenvalue weighted by atomic mass is 35.5. The van der Waals surface area contributed by atoms with Gasteiger partial charge in [0, 0.05) is 6.20 Å². The summed E-state index contributed by atoms with van der Waals surface area (Å²) in [6.07, 6.45) is -3.34. The van der Waals surface area contributed by atoms with Crippen molar-refractivity contribution in [2.24, 2.45) is 0 Å². The van der Waals surface area contributed by atoms with Gasteiger partial charge in [0.2, 0.25) is 0 Å². The first-order valence-electron chi connectivity index (χ1n) is 6.53. The lowest BCUT2D eigenvalue weighted by atomic mass is 10.1. The predicted molar refractivity (Wildman–Crippen MR) is 79.6 cm³/mol. The van der Waals surface area contributed by atoms with E-state index in [1.54, 1.807) is 12.1 Å². The maximum Gasteiger partial charge on any atom is 0.418 e. The van der Waals surface area contributed by atoms with Crippen molar-refractivity contribution in [1.82, 2.24) is 4.98 Å². The third-order valence-corrected chi connectivity index (χ3v) is 3.11. The summed E-state index contributed by atoms with van der Waals surface area (Å²) in [6, 6.07) is 7.59. The van der Waals surface area contributed by atoms with Crippen LogP contribution in [0.1, 0.15) is 16.1 Å². The van der Waals surface area contributed by atoms with Gasteiger partial charge in [0.25, 0.3) is 5.91 Å². The van der Waals surface area contributed by atoms with Crippen LogP contribution in [0.3, 0.4) is 0 Å². The van der Waals surface area contributed by atoms with Crippen molar-refractivity contribution in [1.29, 1.82) is 0 Å². The lowest BCUT2D eigenvalue weighted by Crippen LogP contribution is -2.23. The van der Waals surface area contributed by atoms with E-state index in [1.165, 1.54) is 18.3 Å². The molecule has 0 aliphatic rings. The van der Waals surface area contributed by atoms with Gasteiger partial charge < -0.3 is 10.1 Å². The number of alkyl halides is 3. The first-order valence-corrected chi connectivity index (χ1v) is 6.90. The third-order valence-electron chi connectivity index (χ3n) is 2.79. The van der Waals surface area contributed by atoms with Crippen LogP contribution in [0.15, 0.2) is 42.6 Å². The highest BCUT2D eigenvalue weighted by molar-refractivity contribution is 6.34. The Labute approximate surface area is 139 Å². The van der Waals surface area contributed by atoms with Crippen molar-refractivity contribution in [3.05, 3.63) is 58.9 Å². The molecule has 0 radical (unpaired) electrons. The van der Waals surface area contributed by atoms with Gasteiger partial charge in [0.1, 0.15) is 5.69 Å². The molecular formula is C15H10ClF3N2O3. The van der Waals surface area contributed by atoms with Crippen molar-refractivity contribution < 1.29 is 27.5 Å². The molecule has 1 aromatic heterocycles. The number of aromatic nitrogens is 1. The van der Waals surface area contributed by atoms with Crippen LogP contribution in [0.2, 0.25) is 5.02 Å². The summed E-state index contributed by atoms with van der Waals surface area (Å²) in [6.45, 7) is -0.780. The zero-order valence-electron chi connectivity index (χ0n) is 11.9. The number of carbonyl (C=O) groups is 2. The number of pyridine rings is 1. The number of carbonyl (C=O) groups excluding carboxylic acids is 2. The second-order valence-electron chi connectivity index (χ2n) is 4.50. The van der Waals surface area contributed by atoms with E-state index in [0.29, 0.717) is 0 Å². The molecule has 0 aliphatic heterocycles. The van der Waals surface area contributed by atoms with Crippen LogP contribution < -0.4 is 5.32 Å². The molecular weight excluding hydrogens is 349 g/mol. The lowest BCUT2D eigenvalue weighted by molar-refractivity contribution is -0.137. The number of nitrogens with one attached hydrogen (secondary N) is 1. The number of hydrogen-bond donors (Lipinski definition) is 1. The van der Waals surface area contributed by atoms with Crippen molar-refractivity contribution in [3.8, 4) is 0 Å². The Morgan fingerprint density at radius 1 is 1.17 bits per heavy atom. The Hall–Kier alpha value is -2.61. The largest absolute Gasteiger partial charge is 0.451 e. The lowest BCUT2D eigenvalue weighted by Gasteiger charge is -2.15. The maximum atomic E-state index is 12.9. The molecule has 0 aliphatic carbocycles. The van der Waals surface area contributed by atoms with E-state index in [-0.39, 0.29) is 10.7 Å². The number of anilines is 1. The monoisotopic (exact) mass is 358 g/mol. The highest BCUT2D eigenvalue weighted by Crippen LogP contribution is 2.38. The summed E-state index contributed by atoms with van der Waals surface area (Å²) in [4.78, 5) is 27.1. The summed E-state index contributed by atoms with van der Waals surface area (Å²) < 4.78 is 43.4. The van der Waals surface area contributed by atoms with E-state index in [4.69, 9.17) is 11.6 Å². The number of rotatable bonds is 4. The summed E-state index contributed by atoms with van der Waals surface area (Å²) in [5, 5.41) is 1.72. The SMILES string of the molecule is O=C(COC(=O)c1ccccn1)Nc1c(Cl)cccc1C(F)(F)F. The van der Waals surface area contributed by atoms with Crippen molar-refractivity contribution in [2.75, 3.05) is 11.9 Å². The van der Waals surface area contributed by atoms with Gasteiger partial charge in [-0.1, -0.05) is 23.7 Å². The number of esters is 1. The van der Waals surface area contributed by atoms with Gasteiger partial charge >= 0.3 is 12.1 Å². The fraction of sp³-hybridized carbons (Fsp3) is 0.133. The number of halogens is 4. The van der Waals surface area contributed by atoms with E-state index in [0.717, 1.165) is 12.1 Å². The fourth-order valence-electron chi connectivity index (χ4n) is 1.75. The smallest absolute Gasteiger partial charge is 0.418 e. The Kier molecular flexibility index (Phi) is 5.40. The number of hydrogen-bond acceptors (Lipinski definition) is 4. The molecule has 1 aromatic carbocycles. The minimum atomic E-state index is -4.70. The number of benzene rings is 1. The molecule has 2 rings (SSSR count). The van der Waals surface area contributed by atoms with Crippen LogP contribution in [0.5, 0.6) is 0 Å². The van der Waals surface area contributed by atoms with Gasteiger partial charge in [-0.15, -0.1) is 0 Å². The molecule has 0 saturated heterocycles. The Morgan fingerprint density at radius 2 is 1.92 bits per heavy atom.